The first-order valence-electron chi connectivity index (χ1n) is 6.13. The number of rotatable bonds is 3. The van der Waals surface area contributed by atoms with Crippen molar-refractivity contribution in [2.24, 2.45) is 0 Å². The first-order chi connectivity index (χ1) is 8.27. The molecule has 0 N–H and O–H groups in total. The van der Waals surface area contributed by atoms with E-state index in [9.17, 15) is 4.79 Å². The van der Waals surface area contributed by atoms with Gasteiger partial charge in [0.05, 0.1) is 7.11 Å². The third-order valence-corrected chi connectivity index (χ3v) is 3.30. The molecule has 0 spiro atoms. The Morgan fingerprint density at radius 3 is 2.59 bits per heavy atom. The van der Waals surface area contributed by atoms with Gasteiger partial charge >= 0.3 is 0 Å². The first-order valence-corrected chi connectivity index (χ1v) is 6.13. The Balaban J connectivity index is 2.51. The smallest absolute Gasteiger partial charge is 0.185 e. The molecule has 2 rings (SSSR count). The summed E-state index contributed by atoms with van der Waals surface area (Å²) in [6, 6.07) is 3.81. The van der Waals surface area contributed by atoms with Crippen molar-refractivity contribution in [3.63, 3.8) is 0 Å². The SMILES string of the molecule is C/C=C/C(=O)c1ccc(OC)c2c1CCCC2. The number of ketones is 1. The molecule has 0 radical (unpaired) electrons. The van der Waals surface area contributed by atoms with Crippen molar-refractivity contribution >= 4 is 5.78 Å². The van der Waals surface area contributed by atoms with Gasteiger partial charge in [0, 0.05) is 5.56 Å². The lowest BCUT2D eigenvalue weighted by molar-refractivity contribution is 0.104. The summed E-state index contributed by atoms with van der Waals surface area (Å²) < 4.78 is 5.38. The minimum Gasteiger partial charge on any atom is -0.496 e. The molecule has 0 atom stereocenters. The standard InChI is InChI=1S/C15H18O2/c1-3-6-14(16)12-9-10-15(17-2)13-8-5-4-7-11(12)13/h3,6,9-10H,4-5,7-8H2,1-2H3/b6-3+. The number of ether oxygens (including phenoxy) is 1. The van der Waals surface area contributed by atoms with Crippen LogP contribution in [0.15, 0.2) is 24.3 Å². The van der Waals surface area contributed by atoms with Crippen LogP contribution in [0.4, 0.5) is 0 Å². The second-order valence-corrected chi connectivity index (χ2v) is 4.34. The maximum Gasteiger partial charge on any atom is 0.185 e. The molecule has 17 heavy (non-hydrogen) atoms. The highest BCUT2D eigenvalue weighted by Crippen LogP contribution is 2.32. The van der Waals surface area contributed by atoms with Crippen molar-refractivity contribution < 1.29 is 9.53 Å². The van der Waals surface area contributed by atoms with E-state index in [0.717, 1.165) is 30.6 Å². The molecular formula is C15H18O2. The average molecular weight is 230 g/mol. The fraction of sp³-hybridized carbons (Fsp3) is 0.400. The van der Waals surface area contributed by atoms with Gasteiger partial charge in [0.15, 0.2) is 5.78 Å². The molecule has 0 saturated heterocycles. The molecule has 1 aromatic rings. The molecule has 1 aliphatic rings. The second-order valence-electron chi connectivity index (χ2n) is 4.34. The molecule has 0 aromatic heterocycles. The number of fused-ring (bicyclic) bond motifs is 1. The summed E-state index contributed by atoms with van der Waals surface area (Å²) >= 11 is 0. The second kappa shape index (κ2) is 5.17. The number of benzene rings is 1. The molecule has 0 saturated carbocycles. The highest BCUT2D eigenvalue weighted by Gasteiger charge is 2.19. The van der Waals surface area contributed by atoms with Crippen LogP contribution in [0.25, 0.3) is 0 Å². The Kier molecular flexibility index (Phi) is 3.62. The monoisotopic (exact) mass is 230 g/mol. The molecule has 1 aromatic carbocycles. The third kappa shape index (κ3) is 2.26. The van der Waals surface area contributed by atoms with E-state index in [1.807, 2.05) is 19.1 Å². The van der Waals surface area contributed by atoms with Gasteiger partial charge in [-0.15, -0.1) is 0 Å². The van der Waals surface area contributed by atoms with Crippen LogP contribution >= 0.6 is 0 Å². The van der Waals surface area contributed by atoms with Gasteiger partial charge in [-0.25, -0.2) is 0 Å². The fourth-order valence-electron chi connectivity index (χ4n) is 2.50. The number of hydrogen-bond donors (Lipinski definition) is 0. The van der Waals surface area contributed by atoms with E-state index in [1.165, 1.54) is 17.5 Å². The summed E-state index contributed by atoms with van der Waals surface area (Å²) in [4.78, 5) is 12.0. The van der Waals surface area contributed by atoms with Crippen LogP contribution in [0.1, 0.15) is 41.3 Å². The molecule has 90 valence electrons. The van der Waals surface area contributed by atoms with Crippen LogP contribution in [0.2, 0.25) is 0 Å². The molecule has 2 nitrogen and oxygen atoms in total. The van der Waals surface area contributed by atoms with Crippen molar-refractivity contribution in [3.05, 3.63) is 41.0 Å². The minimum absolute atomic E-state index is 0.105. The lowest BCUT2D eigenvalue weighted by Crippen LogP contribution is -2.11. The zero-order valence-corrected chi connectivity index (χ0v) is 10.5. The zero-order chi connectivity index (χ0) is 12.3. The number of carbonyl (C=O) groups is 1. The van der Waals surface area contributed by atoms with Gasteiger partial charge < -0.3 is 4.74 Å². The van der Waals surface area contributed by atoms with Crippen LogP contribution in [0.5, 0.6) is 5.75 Å². The molecule has 0 aliphatic heterocycles. The van der Waals surface area contributed by atoms with Crippen LogP contribution in [0, 0.1) is 0 Å². The predicted octanol–water partition coefficient (Wildman–Crippen LogP) is 3.33. The van der Waals surface area contributed by atoms with Gasteiger partial charge in [-0.05, 0) is 61.9 Å². The van der Waals surface area contributed by atoms with E-state index in [-0.39, 0.29) is 5.78 Å². The van der Waals surface area contributed by atoms with Gasteiger partial charge in [0.25, 0.3) is 0 Å². The zero-order valence-electron chi connectivity index (χ0n) is 10.5. The minimum atomic E-state index is 0.105. The number of allylic oxidation sites excluding steroid dienone is 2. The van der Waals surface area contributed by atoms with E-state index in [0.29, 0.717) is 0 Å². The summed E-state index contributed by atoms with van der Waals surface area (Å²) in [7, 11) is 1.69. The van der Waals surface area contributed by atoms with Crippen molar-refractivity contribution in [2.45, 2.75) is 32.6 Å². The molecular weight excluding hydrogens is 212 g/mol. The normalized spacial score (nSPS) is 14.7. The van der Waals surface area contributed by atoms with Crippen LogP contribution in [0.3, 0.4) is 0 Å². The van der Waals surface area contributed by atoms with Gasteiger partial charge in [-0.2, -0.15) is 0 Å². The molecule has 0 heterocycles. The van der Waals surface area contributed by atoms with E-state index >= 15 is 0 Å². The van der Waals surface area contributed by atoms with Crippen molar-refractivity contribution in [2.75, 3.05) is 7.11 Å². The average Bonchev–Trinajstić information content (AvgIpc) is 2.37. The maximum atomic E-state index is 12.0. The van der Waals surface area contributed by atoms with Crippen LogP contribution in [-0.2, 0) is 12.8 Å². The van der Waals surface area contributed by atoms with Gasteiger partial charge in [0.1, 0.15) is 5.75 Å². The molecule has 0 unspecified atom stereocenters. The molecule has 0 fully saturated rings. The summed E-state index contributed by atoms with van der Waals surface area (Å²) in [6.45, 7) is 1.87. The molecule has 2 heteroatoms. The Labute approximate surface area is 102 Å². The first kappa shape index (κ1) is 11.9. The predicted molar refractivity (Wildman–Crippen MR) is 68.8 cm³/mol. The summed E-state index contributed by atoms with van der Waals surface area (Å²) in [5.74, 6) is 1.03. The van der Waals surface area contributed by atoms with Gasteiger partial charge in [-0.3, -0.25) is 4.79 Å². The van der Waals surface area contributed by atoms with Crippen LogP contribution < -0.4 is 4.74 Å². The Morgan fingerprint density at radius 1 is 1.24 bits per heavy atom. The van der Waals surface area contributed by atoms with E-state index in [1.54, 1.807) is 19.3 Å². The Morgan fingerprint density at radius 2 is 1.94 bits per heavy atom. The lowest BCUT2D eigenvalue weighted by Gasteiger charge is -2.21. The van der Waals surface area contributed by atoms with E-state index < -0.39 is 0 Å². The number of methoxy groups -OCH3 is 1. The molecule has 1 aliphatic carbocycles. The third-order valence-electron chi connectivity index (χ3n) is 3.30. The Hall–Kier alpha value is -1.57. The molecule has 0 amide bonds. The summed E-state index contributed by atoms with van der Waals surface area (Å²) in [5.41, 5.74) is 3.27. The van der Waals surface area contributed by atoms with Crippen molar-refractivity contribution in [3.8, 4) is 5.75 Å². The largest absolute Gasteiger partial charge is 0.496 e. The molecule has 0 bridgehead atoms. The highest BCUT2D eigenvalue weighted by molar-refractivity contribution is 6.06. The highest BCUT2D eigenvalue weighted by atomic mass is 16.5. The fourth-order valence-corrected chi connectivity index (χ4v) is 2.50. The van der Waals surface area contributed by atoms with Crippen LogP contribution in [-0.4, -0.2) is 12.9 Å². The van der Waals surface area contributed by atoms with E-state index in [2.05, 4.69) is 0 Å². The summed E-state index contributed by atoms with van der Waals surface area (Å²) in [5, 5.41) is 0. The van der Waals surface area contributed by atoms with Gasteiger partial charge in [-0.1, -0.05) is 6.08 Å². The van der Waals surface area contributed by atoms with Gasteiger partial charge in [0.2, 0.25) is 0 Å². The lowest BCUT2D eigenvalue weighted by atomic mass is 9.86. The summed E-state index contributed by atoms with van der Waals surface area (Å²) in [6.07, 6.45) is 7.79. The Bertz CT molecular complexity index is 458. The quantitative estimate of drug-likeness (QED) is 0.588. The van der Waals surface area contributed by atoms with Crippen molar-refractivity contribution in [1.29, 1.82) is 0 Å². The maximum absolute atomic E-state index is 12.0. The number of hydrogen-bond acceptors (Lipinski definition) is 2. The number of carbonyl (C=O) groups excluding carboxylic acids is 1. The van der Waals surface area contributed by atoms with Crippen molar-refractivity contribution in [1.82, 2.24) is 0 Å². The topological polar surface area (TPSA) is 26.3 Å². The van der Waals surface area contributed by atoms with E-state index in [4.69, 9.17) is 4.74 Å².